The van der Waals surface area contributed by atoms with E-state index in [1.165, 1.54) is 16.8 Å². The Morgan fingerprint density at radius 1 is 1.33 bits per heavy atom. The van der Waals surface area contributed by atoms with Crippen molar-refractivity contribution in [2.75, 3.05) is 20.3 Å². The highest BCUT2D eigenvalue weighted by Crippen LogP contribution is 2.25. The van der Waals surface area contributed by atoms with Gasteiger partial charge in [-0.05, 0) is 37.7 Å². The number of carbonyl (C=O) groups is 2. The number of hydrogen-bond donors (Lipinski definition) is 2. The maximum Gasteiger partial charge on any atom is 0.291 e. The maximum absolute atomic E-state index is 13.1. The standard InChI is InChI=1S/C23H31N5O5/c1-14(2)12-27-21-15(6-9-18(29)26-10-4-5-17(26)13-33-3)11-24-28(21)23(32)19(22(27)31)20(30)25-16-7-8-16/h6,9,11,14,16-17,31H,4-5,7-8,10,12-13H2,1-3H3,(H,25,30). The van der Waals surface area contributed by atoms with Crippen molar-refractivity contribution >= 4 is 23.5 Å². The summed E-state index contributed by atoms with van der Waals surface area (Å²) in [5, 5.41) is 17.9. The van der Waals surface area contributed by atoms with Gasteiger partial charge in [-0.25, -0.2) is 0 Å². The van der Waals surface area contributed by atoms with E-state index in [4.69, 9.17) is 4.74 Å². The summed E-state index contributed by atoms with van der Waals surface area (Å²) in [5.41, 5.74) is -0.156. The van der Waals surface area contributed by atoms with Gasteiger partial charge in [0.2, 0.25) is 11.8 Å². The summed E-state index contributed by atoms with van der Waals surface area (Å²) in [7, 11) is 1.62. The molecule has 2 aromatic heterocycles. The highest BCUT2D eigenvalue weighted by Gasteiger charge is 2.30. The summed E-state index contributed by atoms with van der Waals surface area (Å²) >= 11 is 0. The summed E-state index contributed by atoms with van der Waals surface area (Å²) in [4.78, 5) is 40.3. The number of aromatic nitrogens is 3. The molecule has 0 radical (unpaired) electrons. The Morgan fingerprint density at radius 3 is 2.76 bits per heavy atom. The Morgan fingerprint density at radius 2 is 2.09 bits per heavy atom. The number of fused-ring (bicyclic) bond motifs is 1. The number of hydrogen-bond acceptors (Lipinski definition) is 6. The number of carbonyl (C=O) groups excluding carboxylic acids is 2. The van der Waals surface area contributed by atoms with Crippen molar-refractivity contribution in [3.05, 3.63) is 33.8 Å². The fourth-order valence-corrected chi connectivity index (χ4v) is 4.30. The Bertz CT molecular complexity index is 1140. The molecule has 1 atom stereocenters. The zero-order valence-electron chi connectivity index (χ0n) is 19.3. The van der Waals surface area contributed by atoms with E-state index in [0.29, 0.717) is 30.9 Å². The molecule has 2 fully saturated rings. The average Bonchev–Trinajstić information content (AvgIpc) is 3.28. The second kappa shape index (κ2) is 9.38. The Kier molecular flexibility index (Phi) is 6.55. The molecule has 2 aromatic rings. The van der Waals surface area contributed by atoms with Crippen LogP contribution < -0.4 is 10.9 Å². The van der Waals surface area contributed by atoms with Crippen LogP contribution in [0.3, 0.4) is 0 Å². The molecule has 1 aliphatic heterocycles. The molecular formula is C23H31N5O5. The number of likely N-dealkylation sites (tertiary alicyclic amines) is 1. The van der Waals surface area contributed by atoms with E-state index < -0.39 is 11.5 Å². The minimum Gasteiger partial charge on any atom is -0.494 e. The van der Waals surface area contributed by atoms with Gasteiger partial charge in [-0.15, -0.1) is 0 Å². The Balaban J connectivity index is 1.72. The number of ether oxygens (including phenoxy) is 1. The molecule has 0 spiro atoms. The summed E-state index contributed by atoms with van der Waals surface area (Å²) in [5.74, 6) is -1.01. The normalized spacial score (nSPS) is 18.7. The predicted octanol–water partition coefficient (Wildman–Crippen LogP) is 1.40. The number of nitrogens with zero attached hydrogens (tertiary/aromatic N) is 4. The van der Waals surface area contributed by atoms with Gasteiger partial charge in [-0.2, -0.15) is 9.61 Å². The number of rotatable bonds is 8. The number of aromatic hydroxyl groups is 1. The van der Waals surface area contributed by atoms with Crippen molar-refractivity contribution in [3.63, 3.8) is 0 Å². The zero-order valence-corrected chi connectivity index (χ0v) is 19.3. The molecule has 0 bridgehead atoms. The van der Waals surface area contributed by atoms with Gasteiger partial charge in [0, 0.05) is 37.9 Å². The minimum absolute atomic E-state index is 0.0418. The van der Waals surface area contributed by atoms with E-state index in [1.807, 2.05) is 13.8 Å². The first-order chi connectivity index (χ1) is 15.8. The number of methoxy groups -OCH3 is 1. The third kappa shape index (κ3) is 4.66. The molecule has 4 rings (SSSR count). The van der Waals surface area contributed by atoms with Gasteiger partial charge in [-0.1, -0.05) is 13.8 Å². The first-order valence-corrected chi connectivity index (χ1v) is 11.4. The van der Waals surface area contributed by atoms with Crippen LogP contribution in [0.15, 0.2) is 17.1 Å². The topological polar surface area (TPSA) is 118 Å². The lowest BCUT2D eigenvalue weighted by Crippen LogP contribution is -2.37. The van der Waals surface area contributed by atoms with Crippen molar-refractivity contribution in [2.24, 2.45) is 5.92 Å². The van der Waals surface area contributed by atoms with Crippen LogP contribution in [0, 0.1) is 5.92 Å². The maximum atomic E-state index is 13.1. The molecule has 0 aromatic carbocycles. The van der Waals surface area contributed by atoms with Gasteiger partial charge >= 0.3 is 0 Å². The fourth-order valence-electron chi connectivity index (χ4n) is 4.30. The molecular weight excluding hydrogens is 426 g/mol. The highest BCUT2D eigenvalue weighted by atomic mass is 16.5. The second-order valence-electron chi connectivity index (χ2n) is 9.21. The smallest absolute Gasteiger partial charge is 0.291 e. The van der Waals surface area contributed by atoms with Crippen LogP contribution in [0.5, 0.6) is 5.88 Å². The van der Waals surface area contributed by atoms with Crippen molar-refractivity contribution in [3.8, 4) is 5.88 Å². The molecule has 1 saturated heterocycles. The molecule has 1 saturated carbocycles. The Labute approximate surface area is 191 Å². The van der Waals surface area contributed by atoms with Crippen molar-refractivity contribution in [2.45, 2.75) is 58.2 Å². The van der Waals surface area contributed by atoms with Crippen LogP contribution in [0.2, 0.25) is 0 Å². The zero-order chi connectivity index (χ0) is 23.7. The second-order valence-corrected chi connectivity index (χ2v) is 9.21. The van der Waals surface area contributed by atoms with Crippen LogP contribution in [0.4, 0.5) is 0 Å². The largest absolute Gasteiger partial charge is 0.494 e. The van der Waals surface area contributed by atoms with Crippen LogP contribution in [-0.4, -0.2) is 68.3 Å². The number of nitrogens with one attached hydrogen (secondary N) is 1. The van der Waals surface area contributed by atoms with Crippen LogP contribution in [0.1, 0.15) is 55.5 Å². The molecule has 1 aliphatic carbocycles. The lowest BCUT2D eigenvalue weighted by molar-refractivity contribution is -0.127. The van der Waals surface area contributed by atoms with Gasteiger partial charge in [0.25, 0.3) is 11.5 Å². The first kappa shape index (κ1) is 23.0. The fraction of sp³-hybridized carbons (Fsp3) is 0.565. The molecule has 10 heteroatoms. The number of amides is 2. The van der Waals surface area contributed by atoms with E-state index in [9.17, 15) is 19.5 Å². The van der Waals surface area contributed by atoms with Gasteiger partial charge in [0.15, 0.2) is 5.56 Å². The first-order valence-electron chi connectivity index (χ1n) is 11.4. The molecule has 2 aliphatic rings. The molecule has 1 unspecified atom stereocenters. The SMILES string of the molecule is COCC1CCCN1C(=O)C=Cc1cnn2c(=O)c(C(=O)NC3CC3)c(O)n(CC(C)C)c12. The third-order valence-electron chi connectivity index (χ3n) is 6.02. The van der Waals surface area contributed by atoms with E-state index in [0.717, 1.165) is 30.2 Å². The Hall–Kier alpha value is -3.14. The van der Waals surface area contributed by atoms with Crippen molar-refractivity contribution in [1.82, 2.24) is 24.4 Å². The molecule has 33 heavy (non-hydrogen) atoms. The van der Waals surface area contributed by atoms with E-state index in [1.54, 1.807) is 18.1 Å². The summed E-state index contributed by atoms with van der Waals surface area (Å²) in [6.07, 6.45) is 8.09. The quantitative estimate of drug-likeness (QED) is 0.579. The summed E-state index contributed by atoms with van der Waals surface area (Å²) < 4.78 is 7.87. The molecule has 2 N–H and O–H groups in total. The van der Waals surface area contributed by atoms with Crippen molar-refractivity contribution < 1.29 is 19.4 Å². The molecule has 3 heterocycles. The molecule has 178 valence electrons. The minimum atomic E-state index is -0.689. The van der Waals surface area contributed by atoms with Crippen LogP contribution in [0.25, 0.3) is 11.7 Å². The molecule has 2 amide bonds. The third-order valence-corrected chi connectivity index (χ3v) is 6.02. The lowest BCUT2D eigenvalue weighted by Gasteiger charge is -2.22. The van der Waals surface area contributed by atoms with Crippen LogP contribution >= 0.6 is 0 Å². The van der Waals surface area contributed by atoms with Gasteiger partial charge in [0.1, 0.15) is 5.65 Å². The van der Waals surface area contributed by atoms with Gasteiger partial charge in [-0.3, -0.25) is 19.0 Å². The van der Waals surface area contributed by atoms with Crippen LogP contribution in [-0.2, 0) is 16.1 Å². The van der Waals surface area contributed by atoms with Gasteiger partial charge < -0.3 is 20.1 Å². The van der Waals surface area contributed by atoms with E-state index in [-0.39, 0.29) is 35.4 Å². The predicted molar refractivity (Wildman–Crippen MR) is 122 cm³/mol. The summed E-state index contributed by atoms with van der Waals surface area (Å²) in [6.45, 7) is 5.46. The van der Waals surface area contributed by atoms with Gasteiger partial charge in [0.05, 0.1) is 18.8 Å². The lowest BCUT2D eigenvalue weighted by atomic mass is 10.2. The summed E-state index contributed by atoms with van der Waals surface area (Å²) in [6, 6.07) is 0.0898. The van der Waals surface area contributed by atoms with E-state index in [2.05, 4.69) is 10.4 Å². The monoisotopic (exact) mass is 457 g/mol. The van der Waals surface area contributed by atoms with E-state index >= 15 is 0 Å². The van der Waals surface area contributed by atoms with Crippen molar-refractivity contribution in [1.29, 1.82) is 0 Å². The average molecular weight is 458 g/mol. The highest BCUT2D eigenvalue weighted by molar-refractivity contribution is 5.97. The molecule has 10 nitrogen and oxygen atoms in total.